The van der Waals surface area contributed by atoms with Crippen molar-refractivity contribution >= 4 is 17.1 Å². The third-order valence-corrected chi connectivity index (χ3v) is 5.73. The second-order valence-electron chi connectivity index (χ2n) is 8.22. The summed E-state index contributed by atoms with van der Waals surface area (Å²) >= 11 is 0. The molecule has 0 radical (unpaired) electrons. The van der Waals surface area contributed by atoms with E-state index >= 15 is 0 Å². The molecule has 0 bridgehead atoms. The van der Waals surface area contributed by atoms with Crippen molar-refractivity contribution in [2.24, 2.45) is 0 Å². The highest BCUT2D eigenvalue weighted by Gasteiger charge is 2.20. The van der Waals surface area contributed by atoms with Crippen molar-refractivity contribution < 1.29 is 20.1 Å². The molecule has 33 heavy (non-hydrogen) atoms. The van der Waals surface area contributed by atoms with Gasteiger partial charge in [0.1, 0.15) is 28.7 Å². The SMILES string of the molecule is Cc1cc(Oc2ccc(N(c3cccc(C)c3O)c3cccc(C)c3O)cc2)c(C)cc1O. The Hall–Kier alpha value is -4.12. The van der Waals surface area contributed by atoms with Crippen molar-refractivity contribution in [3.8, 4) is 28.7 Å². The highest BCUT2D eigenvalue weighted by Crippen LogP contribution is 2.45. The van der Waals surface area contributed by atoms with Crippen molar-refractivity contribution in [2.45, 2.75) is 27.7 Å². The Labute approximate surface area is 193 Å². The number of benzene rings is 4. The monoisotopic (exact) mass is 441 g/mol. The van der Waals surface area contributed by atoms with Crippen molar-refractivity contribution in [1.82, 2.24) is 0 Å². The van der Waals surface area contributed by atoms with Crippen LogP contribution in [0.1, 0.15) is 22.3 Å². The van der Waals surface area contributed by atoms with E-state index in [0.29, 0.717) is 22.9 Å². The zero-order valence-corrected chi connectivity index (χ0v) is 19.1. The van der Waals surface area contributed by atoms with E-state index in [1.165, 1.54) is 0 Å². The molecule has 0 saturated carbocycles. The van der Waals surface area contributed by atoms with Crippen LogP contribution < -0.4 is 9.64 Å². The van der Waals surface area contributed by atoms with Crippen LogP contribution in [-0.2, 0) is 0 Å². The standard InChI is InChI=1S/C28H27NO4/c1-17-7-5-9-23(27(17)31)29(24-10-6-8-18(2)28(24)32)21-11-13-22(14-12-21)33-26-16-19(3)25(30)15-20(26)4/h5-16,30-32H,1-4H3. The number of phenolic OH excluding ortho intramolecular Hbond substituents is 3. The van der Waals surface area contributed by atoms with Gasteiger partial charge < -0.3 is 25.0 Å². The van der Waals surface area contributed by atoms with Crippen LogP contribution in [-0.4, -0.2) is 15.3 Å². The predicted molar refractivity (Wildman–Crippen MR) is 132 cm³/mol. The Morgan fingerprint density at radius 3 is 1.70 bits per heavy atom. The molecule has 4 aromatic rings. The first kappa shape index (κ1) is 22.1. The van der Waals surface area contributed by atoms with E-state index in [-0.39, 0.29) is 17.2 Å². The Morgan fingerprint density at radius 2 is 1.15 bits per heavy atom. The van der Waals surface area contributed by atoms with Crippen LogP contribution in [0.3, 0.4) is 0 Å². The summed E-state index contributed by atoms with van der Waals surface area (Å²) in [6.45, 7) is 7.38. The lowest BCUT2D eigenvalue weighted by Crippen LogP contribution is -2.11. The highest BCUT2D eigenvalue weighted by atomic mass is 16.5. The van der Waals surface area contributed by atoms with Gasteiger partial charge in [0, 0.05) is 5.69 Å². The molecular weight excluding hydrogens is 414 g/mol. The molecule has 5 nitrogen and oxygen atoms in total. The van der Waals surface area contributed by atoms with Gasteiger partial charge >= 0.3 is 0 Å². The molecule has 0 aromatic heterocycles. The fourth-order valence-electron chi connectivity index (χ4n) is 3.73. The predicted octanol–water partition coefficient (Wildman–Crippen LogP) is 7.30. The maximum atomic E-state index is 10.8. The number of para-hydroxylation sites is 2. The summed E-state index contributed by atoms with van der Waals surface area (Å²) in [6, 6.07) is 22.0. The topological polar surface area (TPSA) is 73.2 Å². The molecule has 5 heteroatoms. The zero-order valence-electron chi connectivity index (χ0n) is 19.1. The fourth-order valence-corrected chi connectivity index (χ4v) is 3.73. The third kappa shape index (κ3) is 4.30. The molecule has 0 heterocycles. The lowest BCUT2D eigenvalue weighted by atomic mass is 10.1. The Balaban J connectivity index is 1.76. The first-order chi connectivity index (χ1) is 15.8. The smallest absolute Gasteiger partial charge is 0.142 e. The maximum absolute atomic E-state index is 10.8. The molecule has 4 rings (SSSR count). The second-order valence-corrected chi connectivity index (χ2v) is 8.22. The van der Waals surface area contributed by atoms with E-state index in [0.717, 1.165) is 27.9 Å². The second kappa shape index (κ2) is 8.79. The molecule has 0 saturated heterocycles. The molecule has 0 aliphatic carbocycles. The molecule has 3 N–H and O–H groups in total. The molecule has 0 fully saturated rings. The number of hydrogen-bond donors (Lipinski definition) is 3. The highest BCUT2D eigenvalue weighted by molar-refractivity contribution is 5.84. The molecule has 0 spiro atoms. The van der Waals surface area contributed by atoms with E-state index in [9.17, 15) is 15.3 Å². The van der Waals surface area contributed by atoms with Crippen molar-refractivity contribution in [3.05, 3.63) is 95.1 Å². The first-order valence-corrected chi connectivity index (χ1v) is 10.7. The molecule has 168 valence electrons. The summed E-state index contributed by atoms with van der Waals surface area (Å²) in [5.74, 6) is 1.83. The summed E-state index contributed by atoms with van der Waals surface area (Å²) in [6.07, 6.45) is 0. The van der Waals surface area contributed by atoms with Gasteiger partial charge in [-0.05, 0) is 98.5 Å². The van der Waals surface area contributed by atoms with Crippen LogP contribution in [0.5, 0.6) is 28.7 Å². The summed E-state index contributed by atoms with van der Waals surface area (Å²) in [5.41, 5.74) is 4.93. The number of rotatable bonds is 5. The van der Waals surface area contributed by atoms with Gasteiger partial charge in [-0.25, -0.2) is 0 Å². The summed E-state index contributed by atoms with van der Waals surface area (Å²) < 4.78 is 6.05. The van der Waals surface area contributed by atoms with Crippen LogP contribution in [0.4, 0.5) is 17.1 Å². The van der Waals surface area contributed by atoms with Gasteiger partial charge in [0.25, 0.3) is 0 Å². The van der Waals surface area contributed by atoms with Crippen molar-refractivity contribution in [3.63, 3.8) is 0 Å². The van der Waals surface area contributed by atoms with Gasteiger partial charge in [-0.1, -0.05) is 24.3 Å². The summed E-state index contributed by atoms with van der Waals surface area (Å²) in [5, 5.41) is 31.5. The van der Waals surface area contributed by atoms with Gasteiger partial charge in [-0.3, -0.25) is 0 Å². The zero-order chi connectivity index (χ0) is 23.7. The van der Waals surface area contributed by atoms with Gasteiger partial charge in [0.2, 0.25) is 0 Å². The van der Waals surface area contributed by atoms with Crippen molar-refractivity contribution in [1.29, 1.82) is 0 Å². The molecule has 0 amide bonds. The molecule has 4 aromatic carbocycles. The fraction of sp³-hybridized carbons (Fsp3) is 0.143. The number of phenols is 3. The van der Waals surface area contributed by atoms with Gasteiger partial charge in [0.15, 0.2) is 0 Å². The van der Waals surface area contributed by atoms with Gasteiger partial charge in [-0.2, -0.15) is 0 Å². The van der Waals surface area contributed by atoms with Gasteiger partial charge in [0.05, 0.1) is 11.4 Å². The number of aryl methyl sites for hydroxylation is 4. The lowest BCUT2D eigenvalue weighted by Gasteiger charge is -2.28. The normalized spacial score (nSPS) is 10.8. The molecule has 0 aliphatic heterocycles. The number of nitrogens with zero attached hydrogens (tertiary/aromatic N) is 1. The minimum atomic E-state index is 0.147. The van der Waals surface area contributed by atoms with Crippen LogP contribution in [0, 0.1) is 27.7 Å². The van der Waals surface area contributed by atoms with Crippen LogP contribution in [0.15, 0.2) is 72.8 Å². The molecular formula is C28H27NO4. The van der Waals surface area contributed by atoms with Gasteiger partial charge in [-0.15, -0.1) is 0 Å². The van der Waals surface area contributed by atoms with E-state index in [4.69, 9.17) is 4.74 Å². The largest absolute Gasteiger partial charge is 0.508 e. The molecule has 0 aliphatic rings. The van der Waals surface area contributed by atoms with Crippen LogP contribution in [0.25, 0.3) is 0 Å². The van der Waals surface area contributed by atoms with E-state index in [1.807, 2.05) is 93.3 Å². The first-order valence-electron chi connectivity index (χ1n) is 10.7. The van der Waals surface area contributed by atoms with E-state index in [1.54, 1.807) is 12.1 Å². The molecule has 0 atom stereocenters. The van der Waals surface area contributed by atoms with Crippen LogP contribution >= 0.6 is 0 Å². The maximum Gasteiger partial charge on any atom is 0.142 e. The minimum absolute atomic E-state index is 0.147. The number of ether oxygens (including phenoxy) is 1. The number of anilines is 3. The Morgan fingerprint density at radius 1 is 0.606 bits per heavy atom. The quantitative estimate of drug-likeness (QED) is 0.303. The number of aromatic hydroxyl groups is 3. The Kier molecular flexibility index (Phi) is 5.88. The summed E-state index contributed by atoms with van der Waals surface area (Å²) in [4.78, 5) is 1.82. The summed E-state index contributed by atoms with van der Waals surface area (Å²) in [7, 11) is 0. The van der Waals surface area contributed by atoms with E-state index in [2.05, 4.69) is 0 Å². The average molecular weight is 442 g/mol. The minimum Gasteiger partial charge on any atom is -0.508 e. The van der Waals surface area contributed by atoms with Crippen LogP contribution in [0.2, 0.25) is 0 Å². The average Bonchev–Trinajstić information content (AvgIpc) is 2.79. The lowest BCUT2D eigenvalue weighted by molar-refractivity contribution is 0.458. The third-order valence-electron chi connectivity index (χ3n) is 5.73. The van der Waals surface area contributed by atoms with E-state index < -0.39 is 0 Å². The molecule has 0 unspecified atom stereocenters. The van der Waals surface area contributed by atoms with Crippen molar-refractivity contribution in [2.75, 3.05) is 4.90 Å². The Bertz CT molecular complexity index is 1260. The number of hydrogen-bond acceptors (Lipinski definition) is 5.